The molecule has 1 aliphatic heterocycles. The van der Waals surface area contributed by atoms with Crippen molar-refractivity contribution in [1.29, 1.82) is 0 Å². The average molecular weight is 231 g/mol. The highest BCUT2D eigenvalue weighted by Crippen LogP contribution is 2.32. The summed E-state index contributed by atoms with van der Waals surface area (Å²) in [5.41, 5.74) is -0.667. The highest BCUT2D eigenvalue weighted by molar-refractivity contribution is 6.47. The fourth-order valence-corrected chi connectivity index (χ4v) is 1.69. The third-order valence-corrected chi connectivity index (χ3v) is 2.14. The van der Waals surface area contributed by atoms with Gasteiger partial charge >= 0.3 is 5.97 Å². The van der Waals surface area contributed by atoms with Crippen LogP contribution >= 0.6 is 34.8 Å². The molecular weight excluding hydrogens is 226 g/mol. The number of carbonyl (C=O) groups excluding carboxylic acids is 1. The fraction of sp³-hybridized carbons (Fsp3) is 0.500. The number of cyclic esters (lactones) is 1. The molecule has 0 bridgehead atoms. The van der Waals surface area contributed by atoms with Crippen molar-refractivity contribution in [1.82, 2.24) is 0 Å². The summed E-state index contributed by atoms with van der Waals surface area (Å²) in [6.07, 6.45) is 0. The van der Waals surface area contributed by atoms with Gasteiger partial charge < -0.3 is 9.47 Å². The van der Waals surface area contributed by atoms with Gasteiger partial charge in [-0.1, -0.05) is 11.6 Å². The van der Waals surface area contributed by atoms with Gasteiger partial charge in [0.1, 0.15) is 4.84 Å². The number of methoxy groups -OCH3 is 1. The molecule has 68 valence electrons. The van der Waals surface area contributed by atoms with Crippen LogP contribution in [-0.2, 0) is 14.3 Å². The Balaban J connectivity index is 3.01. The summed E-state index contributed by atoms with van der Waals surface area (Å²) >= 11 is 16.6. The lowest BCUT2D eigenvalue weighted by molar-refractivity contribution is -0.140. The summed E-state index contributed by atoms with van der Waals surface area (Å²) in [7, 11) is 1.32. The topological polar surface area (TPSA) is 35.5 Å². The fourth-order valence-electron chi connectivity index (χ4n) is 0.831. The molecular formula is C6H5Cl3O3. The molecule has 0 N–H and O–H groups in total. The van der Waals surface area contributed by atoms with Crippen molar-refractivity contribution < 1.29 is 14.3 Å². The minimum absolute atomic E-state index is 0.00926. The molecule has 0 saturated carbocycles. The van der Waals surface area contributed by atoms with E-state index in [9.17, 15) is 4.79 Å². The van der Waals surface area contributed by atoms with E-state index in [4.69, 9.17) is 39.5 Å². The lowest BCUT2D eigenvalue weighted by atomic mass is 10.3. The van der Waals surface area contributed by atoms with Crippen LogP contribution < -0.4 is 0 Å². The van der Waals surface area contributed by atoms with Crippen molar-refractivity contribution in [3.8, 4) is 0 Å². The van der Waals surface area contributed by atoms with Crippen LogP contribution in [0.4, 0.5) is 0 Å². The summed E-state index contributed by atoms with van der Waals surface area (Å²) in [4.78, 5) is 10.0. The molecule has 1 aliphatic rings. The highest BCUT2D eigenvalue weighted by Gasteiger charge is 2.37. The van der Waals surface area contributed by atoms with Crippen LogP contribution in [0.1, 0.15) is 0 Å². The minimum atomic E-state index is -0.924. The van der Waals surface area contributed by atoms with Gasteiger partial charge in [0.15, 0.2) is 0 Å². The molecule has 0 aromatic rings. The van der Waals surface area contributed by atoms with Crippen LogP contribution in [0.15, 0.2) is 11.3 Å². The second kappa shape index (κ2) is 3.73. The van der Waals surface area contributed by atoms with E-state index in [1.807, 2.05) is 0 Å². The lowest BCUT2D eigenvalue weighted by Gasteiger charge is -2.05. The van der Waals surface area contributed by atoms with Gasteiger partial charge in [0.05, 0.1) is 12.7 Å². The zero-order valence-corrected chi connectivity index (χ0v) is 8.28. The summed E-state index contributed by atoms with van der Waals surface area (Å²) in [6.45, 7) is 0. The molecule has 12 heavy (non-hydrogen) atoms. The van der Waals surface area contributed by atoms with E-state index >= 15 is 0 Å². The Kier molecular flexibility index (Phi) is 3.09. The molecule has 0 spiro atoms. The Bertz CT molecular complexity index is 236. The molecule has 0 aliphatic carbocycles. The normalized spacial score (nSPS) is 23.4. The Labute approximate surface area is 84.2 Å². The van der Waals surface area contributed by atoms with E-state index in [0.29, 0.717) is 0 Å². The standard InChI is InChI=1S/C6H5Cl3O3/c1-11-3-2(4(7)8)5(9)12-6(3)10/h4-5H,1H3. The zero-order valence-electron chi connectivity index (χ0n) is 6.01. The number of rotatable bonds is 2. The third-order valence-electron chi connectivity index (χ3n) is 1.34. The molecule has 6 heteroatoms. The number of esters is 1. The smallest absolute Gasteiger partial charge is 0.375 e. The SMILES string of the molecule is COC1=C(C(Cl)Cl)C(Cl)OC1=O. The second-order valence-corrected chi connectivity index (χ2v) is 3.50. The predicted octanol–water partition coefficient (Wildman–Crippen LogP) is 1.81. The average Bonchev–Trinajstić information content (AvgIpc) is 2.24. The molecule has 0 saturated heterocycles. The van der Waals surface area contributed by atoms with Gasteiger partial charge in [0.2, 0.25) is 11.3 Å². The van der Waals surface area contributed by atoms with Gasteiger partial charge in [-0.15, -0.1) is 23.2 Å². The molecule has 0 aromatic heterocycles. The largest absolute Gasteiger partial charge is 0.490 e. The summed E-state index contributed by atoms with van der Waals surface area (Å²) < 4.78 is 9.32. The first-order valence-corrected chi connectivity index (χ1v) is 4.30. The van der Waals surface area contributed by atoms with E-state index in [-0.39, 0.29) is 11.3 Å². The van der Waals surface area contributed by atoms with Crippen LogP contribution in [0.3, 0.4) is 0 Å². The van der Waals surface area contributed by atoms with Gasteiger partial charge in [-0.2, -0.15) is 0 Å². The van der Waals surface area contributed by atoms with Crippen molar-refractivity contribution in [3.05, 3.63) is 11.3 Å². The van der Waals surface area contributed by atoms with E-state index in [0.717, 1.165) is 0 Å². The Morgan fingerprint density at radius 2 is 2.17 bits per heavy atom. The third kappa shape index (κ3) is 1.63. The number of ether oxygens (including phenoxy) is 2. The van der Waals surface area contributed by atoms with Crippen molar-refractivity contribution in [2.45, 2.75) is 10.4 Å². The van der Waals surface area contributed by atoms with Gasteiger partial charge in [0, 0.05) is 0 Å². The monoisotopic (exact) mass is 230 g/mol. The van der Waals surface area contributed by atoms with Crippen LogP contribution in [0.2, 0.25) is 0 Å². The summed E-state index contributed by atoms with van der Waals surface area (Å²) in [6, 6.07) is 0. The second-order valence-electron chi connectivity index (χ2n) is 2.01. The maximum Gasteiger partial charge on any atom is 0.375 e. The first-order valence-electron chi connectivity index (χ1n) is 2.99. The quantitative estimate of drug-likeness (QED) is 0.537. The van der Waals surface area contributed by atoms with Gasteiger partial charge in [-0.25, -0.2) is 4.79 Å². The van der Waals surface area contributed by atoms with Crippen molar-refractivity contribution in [3.63, 3.8) is 0 Å². The van der Waals surface area contributed by atoms with E-state index < -0.39 is 16.4 Å². The Morgan fingerprint density at radius 1 is 1.58 bits per heavy atom. The van der Waals surface area contributed by atoms with Crippen LogP contribution in [0.5, 0.6) is 0 Å². The number of hydrogen-bond acceptors (Lipinski definition) is 3. The van der Waals surface area contributed by atoms with Crippen LogP contribution in [-0.4, -0.2) is 23.5 Å². The first-order chi connectivity index (χ1) is 5.57. The van der Waals surface area contributed by atoms with Crippen molar-refractivity contribution in [2.75, 3.05) is 7.11 Å². The van der Waals surface area contributed by atoms with Gasteiger partial charge in [-0.05, 0) is 0 Å². The summed E-state index contributed by atoms with van der Waals surface area (Å²) in [5.74, 6) is -0.649. The zero-order chi connectivity index (χ0) is 9.30. The number of halogens is 3. The first kappa shape index (κ1) is 9.96. The minimum Gasteiger partial charge on any atom is -0.490 e. The Hall–Kier alpha value is -0.120. The van der Waals surface area contributed by atoms with E-state index in [1.54, 1.807) is 0 Å². The molecule has 0 aromatic carbocycles. The van der Waals surface area contributed by atoms with Crippen molar-refractivity contribution in [2.24, 2.45) is 0 Å². The molecule has 0 radical (unpaired) electrons. The molecule has 0 fully saturated rings. The Morgan fingerprint density at radius 3 is 2.50 bits per heavy atom. The van der Waals surface area contributed by atoms with Crippen LogP contribution in [0, 0.1) is 0 Å². The van der Waals surface area contributed by atoms with Crippen molar-refractivity contribution >= 4 is 40.8 Å². The molecule has 1 rings (SSSR count). The summed E-state index contributed by atoms with van der Waals surface area (Å²) in [5, 5.41) is 0. The molecule has 0 amide bonds. The number of hydrogen-bond donors (Lipinski definition) is 0. The number of alkyl halides is 3. The predicted molar refractivity (Wildman–Crippen MR) is 45.3 cm³/mol. The highest BCUT2D eigenvalue weighted by atomic mass is 35.5. The molecule has 1 unspecified atom stereocenters. The molecule has 3 nitrogen and oxygen atoms in total. The van der Waals surface area contributed by atoms with E-state index in [1.165, 1.54) is 7.11 Å². The number of carbonyl (C=O) groups is 1. The van der Waals surface area contributed by atoms with Crippen LogP contribution in [0.25, 0.3) is 0 Å². The van der Waals surface area contributed by atoms with Gasteiger partial charge in [0.25, 0.3) is 0 Å². The van der Waals surface area contributed by atoms with E-state index in [2.05, 4.69) is 4.74 Å². The molecule has 1 atom stereocenters. The molecule has 1 heterocycles. The maximum absolute atomic E-state index is 10.9. The lowest BCUT2D eigenvalue weighted by Crippen LogP contribution is -2.07. The van der Waals surface area contributed by atoms with Gasteiger partial charge in [-0.3, -0.25) is 0 Å². The maximum atomic E-state index is 10.9.